The highest BCUT2D eigenvalue weighted by Crippen LogP contribution is 2.13. The van der Waals surface area contributed by atoms with Gasteiger partial charge < -0.3 is 4.74 Å². The minimum Gasteiger partial charge on any atom is -0.466 e. The summed E-state index contributed by atoms with van der Waals surface area (Å²) >= 11 is 0. The number of benzene rings is 1. The van der Waals surface area contributed by atoms with E-state index in [1.807, 2.05) is 31.2 Å². The largest absolute Gasteiger partial charge is 0.466 e. The molecular weight excluding hydrogens is 350 g/mol. The van der Waals surface area contributed by atoms with Crippen LogP contribution in [-0.2, 0) is 33.6 Å². The molecule has 0 aliphatic rings. The van der Waals surface area contributed by atoms with Crippen LogP contribution in [0.2, 0.25) is 0 Å². The van der Waals surface area contributed by atoms with Gasteiger partial charge in [-0.1, -0.05) is 37.3 Å². The molecule has 28 heavy (non-hydrogen) atoms. The number of hydrogen-bond acceptors (Lipinski definition) is 4. The highest BCUT2D eigenvalue weighted by molar-refractivity contribution is 5.78. The van der Waals surface area contributed by atoms with Gasteiger partial charge in [0.1, 0.15) is 5.78 Å². The van der Waals surface area contributed by atoms with Crippen molar-refractivity contribution in [3.05, 3.63) is 65.0 Å². The Kier molecular flexibility index (Phi) is 9.40. The number of Topliss-reactive ketones (excluding diaryl/α,β-unsaturated/α-hetero) is 1. The van der Waals surface area contributed by atoms with E-state index in [9.17, 15) is 9.59 Å². The second kappa shape index (κ2) is 12.1. The first kappa shape index (κ1) is 21.8. The standard InChI is InChI=1S/C24H31NO3/c1-3-20-8-4-5-9-21(20)12-15-23(26)10-6-7-17-28-24(27)16-14-22-13-11-19(2)18-25-22/h4-5,8-9,11,13,18H,3,6-7,10,12,14-17H2,1-2H3. The summed E-state index contributed by atoms with van der Waals surface area (Å²) < 4.78 is 5.25. The summed E-state index contributed by atoms with van der Waals surface area (Å²) in [6.07, 6.45) is 7.17. The maximum absolute atomic E-state index is 12.1. The van der Waals surface area contributed by atoms with E-state index >= 15 is 0 Å². The van der Waals surface area contributed by atoms with Crippen LogP contribution >= 0.6 is 0 Å². The van der Waals surface area contributed by atoms with Crippen molar-refractivity contribution in [3.63, 3.8) is 0 Å². The molecule has 4 heteroatoms. The molecule has 0 aliphatic heterocycles. The molecule has 0 bridgehead atoms. The molecule has 0 aliphatic carbocycles. The molecule has 150 valence electrons. The van der Waals surface area contributed by atoms with Crippen molar-refractivity contribution in [3.8, 4) is 0 Å². The third-order valence-corrected chi connectivity index (χ3v) is 4.84. The average molecular weight is 382 g/mol. The summed E-state index contributed by atoms with van der Waals surface area (Å²) in [6, 6.07) is 12.2. The molecule has 1 aromatic heterocycles. The van der Waals surface area contributed by atoms with Crippen LogP contribution in [0, 0.1) is 6.92 Å². The fourth-order valence-electron chi connectivity index (χ4n) is 3.10. The van der Waals surface area contributed by atoms with Crippen LogP contribution in [0.15, 0.2) is 42.6 Å². The number of rotatable bonds is 12. The van der Waals surface area contributed by atoms with Crippen LogP contribution in [0.5, 0.6) is 0 Å². The van der Waals surface area contributed by atoms with Crippen LogP contribution < -0.4 is 0 Å². The number of ketones is 1. The van der Waals surface area contributed by atoms with Crippen molar-refractivity contribution in [2.45, 2.75) is 65.2 Å². The molecule has 0 radical (unpaired) electrons. The normalized spacial score (nSPS) is 10.6. The van der Waals surface area contributed by atoms with E-state index in [2.05, 4.69) is 24.0 Å². The van der Waals surface area contributed by atoms with Gasteiger partial charge in [-0.25, -0.2) is 0 Å². The van der Waals surface area contributed by atoms with Gasteiger partial charge in [0.2, 0.25) is 0 Å². The lowest BCUT2D eigenvalue weighted by Crippen LogP contribution is -2.08. The number of esters is 1. The number of aromatic nitrogens is 1. The van der Waals surface area contributed by atoms with Gasteiger partial charge in [0.15, 0.2) is 0 Å². The smallest absolute Gasteiger partial charge is 0.306 e. The number of aryl methyl sites for hydroxylation is 4. The number of carbonyl (C=O) groups is 2. The van der Waals surface area contributed by atoms with Gasteiger partial charge in [-0.2, -0.15) is 0 Å². The third-order valence-electron chi connectivity index (χ3n) is 4.84. The SMILES string of the molecule is CCc1ccccc1CCC(=O)CCCCOC(=O)CCc1ccc(C)cn1. The van der Waals surface area contributed by atoms with Gasteiger partial charge in [-0.05, 0) is 55.4 Å². The topological polar surface area (TPSA) is 56.3 Å². The van der Waals surface area contributed by atoms with Crippen LogP contribution in [0.3, 0.4) is 0 Å². The average Bonchev–Trinajstić information content (AvgIpc) is 2.71. The van der Waals surface area contributed by atoms with Crippen molar-refractivity contribution in [2.75, 3.05) is 6.61 Å². The van der Waals surface area contributed by atoms with E-state index in [1.54, 1.807) is 6.20 Å². The fraction of sp³-hybridized carbons (Fsp3) is 0.458. The van der Waals surface area contributed by atoms with E-state index < -0.39 is 0 Å². The summed E-state index contributed by atoms with van der Waals surface area (Å²) in [6.45, 7) is 4.51. The lowest BCUT2D eigenvalue weighted by Gasteiger charge is -2.07. The molecule has 1 aromatic carbocycles. The quantitative estimate of drug-likeness (QED) is 0.391. The van der Waals surface area contributed by atoms with Crippen molar-refractivity contribution in [1.82, 2.24) is 4.98 Å². The first-order chi connectivity index (χ1) is 13.6. The minimum atomic E-state index is -0.204. The molecule has 0 N–H and O–H groups in total. The monoisotopic (exact) mass is 381 g/mol. The summed E-state index contributed by atoms with van der Waals surface area (Å²) in [5, 5.41) is 0. The predicted octanol–water partition coefficient (Wildman–Crippen LogP) is 4.80. The number of pyridine rings is 1. The van der Waals surface area contributed by atoms with E-state index in [0.717, 1.165) is 36.9 Å². The zero-order valence-electron chi connectivity index (χ0n) is 17.1. The first-order valence-electron chi connectivity index (χ1n) is 10.2. The Hall–Kier alpha value is -2.49. The third kappa shape index (κ3) is 8.03. The lowest BCUT2D eigenvalue weighted by molar-refractivity contribution is -0.143. The number of carbonyl (C=O) groups excluding carboxylic acids is 2. The van der Waals surface area contributed by atoms with Crippen molar-refractivity contribution in [2.24, 2.45) is 0 Å². The van der Waals surface area contributed by atoms with Gasteiger partial charge in [0.05, 0.1) is 13.0 Å². The van der Waals surface area contributed by atoms with Crippen LogP contribution in [-0.4, -0.2) is 23.3 Å². The molecule has 2 aromatic rings. The fourth-order valence-corrected chi connectivity index (χ4v) is 3.10. The summed E-state index contributed by atoms with van der Waals surface area (Å²) in [5.74, 6) is 0.0764. The number of nitrogens with zero attached hydrogens (tertiary/aromatic N) is 1. The number of ether oxygens (including phenoxy) is 1. The van der Waals surface area contributed by atoms with E-state index in [1.165, 1.54) is 11.1 Å². The lowest BCUT2D eigenvalue weighted by atomic mass is 9.99. The van der Waals surface area contributed by atoms with E-state index in [4.69, 9.17) is 4.74 Å². The van der Waals surface area contributed by atoms with Gasteiger partial charge in [-0.15, -0.1) is 0 Å². The Balaban J connectivity index is 1.54. The Morgan fingerprint density at radius 1 is 0.929 bits per heavy atom. The van der Waals surface area contributed by atoms with Crippen LogP contribution in [0.25, 0.3) is 0 Å². The maximum atomic E-state index is 12.1. The van der Waals surface area contributed by atoms with Crippen molar-refractivity contribution < 1.29 is 14.3 Å². The molecule has 0 amide bonds. The van der Waals surface area contributed by atoms with Crippen molar-refractivity contribution in [1.29, 1.82) is 0 Å². The summed E-state index contributed by atoms with van der Waals surface area (Å²) in [7, 11) is 0. The zero-order chi connectivity index (χ0) is 20.2. The van der Waals surface area contributed by atoms with Crippen LogP contribution in [0.4, 0.5) is 0 Å². The molecule has 2 rings (SSSR count). The molecule has 0 atom stereocenters. The number of unbranched alkanes of at least 4 members (excludes halogenated alkanes) is 1. The second-order valence-electron chi connectivity index (χ2n) is 7.17. The van der Waals surface area contributed by atoms with E-state index in [0.29, 0.717) is 32.3 Å². The Morgan fingerprint density at radius 3 is 2.43 bits per heavy atom. The first-order valence-corrected chi connectivity index (χ1v) is 10.2. The minimum absolute atomic E-state index is 0.204. The Bertz CT molecular complexity index is 753. The van der Waals surface area contributed by atoms with Gasteiger partial charge in [-0.3, -0.25) is 14.6 Å². The molecule has 0 fully saturated rings. The Labute approximate surface area is 168 Å². The molecule has 0 saturated heterocycles. The molecular formula is C24H31NO3. The highest BCUT2D eigenvalue weighted by Gasteiger charge is 2.07. The van der Waals surface area contributed by atoms with Crippen LogP contribution in [0.1, 0.15) is 61.4 Å². The second-order valence-corrected chi connectivity index (χ2v) is 7.17. The number of hydrogen-bond donors (Lipinski definition) is 0. The zero-order valence-corrected chi connectivity index (χ0v) is 17.1. The summed E-state index contributed by atoms with van der Waals surface area (Å²) in [4.78, 5) is 28.1. The molecule has 0 unspecified atom stereocenters. The molecule has 0 spiro atoms. The van der Waals surface area contributed by atoms with E-state index in [-0.39, 0.29) is 11.8 Å². The summed E-state index contributed by atoms with van der Waals surface area (Å²) in [5.41, 5.74) is 4.60. The molecule has 4 nitrogen and oxygen atoms in total. The predicted molar refractivity (Wildman–Crippen MR) is 111 cm³/mol. The molecule has 1 heterocycles. The van der Waals surface area contributed by atoms with Gasteiger partial charge >= 0.3 is 5.97 Å². The Morgan fingerprint density at radius 2 is 1.71 bits per heavy atom. The van der Waals surface area contributed by atoms with Gasteiger partial charge in [0, 0.05) is 31.2 Å². The van der Waals surface area contributed by atoms with Gasteiger partial charge in [0.25, 0.3) is 0 Å². The highest BCUT2D eigenvalue weighted by atomic mass is 16.5. The molecule has 0 saturated carbocycles. The maximum Gasteiger partial charge on any atom is 0.306 e. The van der Waals surface area contributed by atoms with Crippen molar-refractivity contribution >= 4 is 11.8 Å².